The van der Waals surface area contributed by atoms with Crippen molar-refractivity contribution in [3.8, 4) is 16.9 Å². The Morgan fingerprint density at radius 2 is 1.57 bits per heavy atom. The van der Waals surface area contributed by atoms with Crippen LogP contribution in [0.3, 0.4) is 0 Å². The van der Waals surface area contributed by atoms with Crippen molar-refractivity contribution in [1.29, 1.82) is 0 Å². The fourth-order valence-electron chi connectivity index (χ4n) is 3.19. The SMILES string of the molecule is COC(=O)CN(C)CC[C@@H](Oc1ccc(-c2ccccc2)cc1)c1ccc(F)cc1. The van der Waals surface area contributed by atoms with E-state index in [1.165, 1.54) is 19.2 Å². The highest BCUT2D eigenvalue weighted by Gasteiger charge is 2.16. The van der Waals surface area contributed by atoms with Gasteiger partial charge >= 0.3 is 5.97 Å². The zero-order valence-corrected chi connectivity index (χ0v) is 17.3. The summed E-state index contributed by atoms with van der Waals surface area (Å²) in [7, 11) is 3.23. The van der Waals surface area contributed by atoms with E-state index in [-0.39, 0.29) is 24.4 Å². The van der Waals surface area contributed by atoms with E-state index in [1.807, 2.05) is 54.4 Å². The Kier molecular flexibility index (Phi) is 7.57. The number of halogens is 1. The van der Waals surface area contributed by atoms with Crippen molar-refractivity contribution < 1.29 is 18.7 Å². The largest absolute Gasteiger partial charge is 0.486 e. The molecule has 0 aliphatic carbocycles. The van der Waals surface area contributed by atoms with Crippen molar-refractivity contribution in [1.82, 2.24) is 4.90 Å². The van der Waals surface area contributed by atoms with Crippen LogP contribution in [0.5, 0.6) is 5.75 Å². The van der Waals surface area contributed by atoms with Gasteiger partial charge < -0.3 is 9.47 Å². The normalized spacial score (nSPS) is 11.9. The van der Waals surface area contributed by atoms with E-state index in [1.54, 1.807) is 12.1 Å². The average molecular weight is 407 g/mol. The Hall–Kier alpha value is -3.18. The molecule has 0 saturated heterocycles. The Morgan fingerprint density at radius 1 is 0.933 bits per heavy atom. The van der Waals surface area contributed by atoms with Gasteiger partial charge in [0, 0.05) is 13.0 Å². The highest BCUT2D eigenvalue weighted by Crippen LogP contribution is 2.28. The molecule has 0 heterocycles. The van der Waals surface area contributed by atoms with E-state index in [0.29, 0.717) is 13.0 Å². The van der Waals surface area contributed by atoms with Gasteiger partial charge in [-0.25, -0.2) is 4.39 Å². The molecule has 3 aromatic carbocycles. The first-order valence-electron chi connectivity index (χ1n) is 9.88. The van der Waals surface area contributed by atoms with Crippen molar-refractivity contribution in [2.75, 3.05) is 27.2 Å². The summed E-state index contributed by atoms with van der Waals surface area (Å²) in [5, 5.41) is 0. The van der Waals surface area contributed by atoms with Crippen LogP contribution in [-0.4, -0.2) is 38.1 Å². The second-order valence-electron chi connectivity index (χ2n) is 7.15. The number of rotatable bonds is 9. The van der Waals surface area contributed by atoms with Gasteiger partial charge in [0.2, 0.25) is 0 Å². The molecule has 3 aromatic rings. The lowest BCUT2D eigenvalue weighted by Crippen LogP contribution is -2.29. The number of hydrogen-bond donors (Lipinski definition) is 0. The zero-order chi connectivity index (χ0) is 21.3. The monoisotopic (exact) mass is 407 g/mol. The van der Waals surface area contributed by atoms with E-state index < -0.39 is 0 Å². The number of esters is 1. The molecule has 3 rings (SSSR count). The van der Waals surface area contributed by atoms with Crippen molar-refractivity contribution in [2.24, 2.45) is 0 Å². The summed E-state index contributed by atoms with van der Waals surface area (Å²) in [4.78, 5) is 13.4. The van der Waals surface area contributed by atoms with Crippen molar-refractivity contribution in [2.45, 2.75) is 12.5 Å². The molecule has 1 atom stereocenters. The highest BCUT2D eigenvalue weighted by atomic mass is 19.1. The van der Waals surface area contributed by atoms with Crippen LogP contribution in [0.2, 0.25) is 0 Å². The molecule has 0 bridgehead atoms. The summed E-state index contributed by atoms with van der Waals surface area (Å²) in [6, 6.07) is 24.4. The number of methoxy groups -OCH3 is 1. The molecule has 0 aliphatic heterocycles. The van der Waals surface area contributed by atoms with Gasteiger partial charge in [0.1, 0.15) is 17.7 Å². The fourth-order valence-corrected chi connectivity index (χ4v) is 3.19. The first kappa shape index (κ1) is 21.5. The van der Waals surface area contributed by atoms with Gasteiger partial charge in [-0.3, -0.25) is 9.69 Å². The summed E-state index contributed by atoms with van der Waals surface area (Å²) in [5.41, 5.74) is 3.14. The molecule has 0 N–H and O–H groups in total. The molecule has 156 valence electrons. The number of benzene rings is 3. The minimum Gasteiger partial charge on any atom is -0.486 e. The first-order valence-corrected chi connectivity index (χ1v) is 9.88. The molecule has 30 heavy (non-hydrogen) atoms. The van der Waals surface area contributed by atoms with Gasteiger partial charge in [-0.15, -0.1) is 0 Å². The minimum absolute atomic E-state index is 0.207. The van der Waals surface area contributed by atoms with Crippen molar-refractivity contribution >= 4 is 5.97 Å². The Bertz CT molecular complexity index is 927. The lowest BCUT2D eigenvalue weighted by Gasteiger charge is -2.23. The van der Waals surface area contributed by atoms with Gasteiger partial charge in [0.05, 0.1) is 13.7 Å². The van der Waals surface area contributed by atoms with E-state index in [9.17, 15) is 9.18 Å². The van der Waals surface area contributed by atoms with Gasteiger partial charge in [-0.05, 0) is 48.0 Å². The molecule has 0 spiro atoms. The summed E-state index contributed by atoms with van der Waals surface area (Å²) in [6.07, 6.45) is 0.368. The maximum Gasteiger partial charge on any atom is 0.319 e. The Balaban J connectivity index is 1.71. The molecule has 0 amide bonds. The topological polar surface area (TPSA) is 38.8 Å². The molecule has 0 aliphatic rings. The molecule has 0 radical (unpaired) electrons. The van der Waals surface area contributed by atoms with Crippen LogP contribution in [0.1, 0.15) is 18.1 Å². The van der Waals surface area contributed by atoms with E-state index in [2.05, 4.69) is 12.1 Å². The number of nitrogens with zero attached hydrogens (tertiary/aromatic N) is 1. The van der Waals surface area contributed by atoms with Crippen LogP contribution >= 0.6 is 0 Å². The van der Waals surface area contributed by atoms with Gasteiger partial charge in [-0.1, -0.05) is 54.6 Å². The summed E-state index contributed by atoms with van der Waals surface area (Å²) >= 11 is 0. The molecule has 5 heteroatoms. The van der Waals surface area contributed by atoms with Crippen LogP contribution in [-0.2, 0) is 9.53 Å². The maximum absolute atomic E-state index is 13.4. The van der Waals surface area contributed by atoms with Crippen LogP contribution in [0.15, 0.2) is 78.9 Å². The molecular weight excluding hydrogens is 381 g/mol. The standard InChI is InChI=1S/C25H26FNO3/c1-27(18-25(28)29-2)17-16-24(21-8-12-22(26)13-9-21)30-23-14-10-20(11-15-23)19-6-4-3-5-7-19/h3-15,24H,16-18H2,1-2H3/t24-/m1/s1. The Labute approximate surface area is 176 Å². The Morgan fingerprint density at radius 3 is 2.20 bits per heavy atom. The number of ether oxygens (including phenoxy) is 2. The number of carbonyl (C=O) groups is 1. The third-order valence-corrected chi connectivity index (χ3v) is 4.88. The zero-order valence-electron chi connectivity index (χ0n) is 17.3. The third-order valence-electron chi connectivity index (χ3n) is 4.88. The van der Waals surface area contributed by atoms with Crippen LogP contribution in [0, 0.1) is 5.82 Å². The minimum atomic E-state index is -0.285. The maximum atomic E-state index is 13.4. The predicted octanol–water partition coefficient (Wildman–Crippen LogP) is 5.11. The van der Waals surface area contributed by atoms with Crippen LogP contribution < -0.4 is 4.74 Å². The molecule has 0 unspecified atom stereocenters. The first-order chi connectivity index (χ1) is 14.5. The molecule has 0 aromatic heterocycles. The highest BCUT2D eigenvalue weighted by molar-refractivity contribution is 5.71. The average Bonchev–Trinajstić information content (AvgIpc) is 2.78. The predicted molar refractivity (Wildman–Crippen MR) is 116 cm³/mol. The van der Waals surface area contributed by atoms with E-state index in [4.69, 9.17) is 9.47 Å². The summed E-state index contributed by atoms with van der Waals surface area (Å²) in [5.74, 6) is 0.167. The van der Waals surface area contributed by atoms with E-state index >= 15 is 0 Å². The second-order valence-corrected chi connectivity index (χ2v) is 7.15. The second kappa shape index (κ2) is 10.6. The number of hydrogen-bond acceptors (Lipinski definition) is 4. The van der Waals surface area contributed by atoms with E-state index in [0.717, 1.165) is 22.4 Å². The van der Waals surface area contributed by atoms with Crippen LogP contribution in [0.4, 0.5) is 4.39 Å². The molecule has 0 fully saturated rings. The van der Waals surface area contributed by atoms with Gasteiger partial charge in [0.15, 0.2) is 0 Å². The summed E-state index contributed by atoms with van der Waals surface area (Å²) < 4.78 is 24.3. The summed E-state index contributed by atoms with van der Waals surface area (Å²) in [6.45, 7) is 0.831. The van der Waals surface area contributed by atoms with Gasteiger partial charge in [0.25, 0.3) is 0 Å². The van der Waals surface area contributed by atoms with Gasteiger partial charge in [-0.2, -0.15) is 0 Å². The lowest BCUT2D eigenvalue weighted by molar-refractivity contribution is -0.141. The van der Waals surface area contributed by atoms with Crippen LogP contribution in [0.25, 0.3) is 11.1 Å². The number of carbonyl (C=O) groups excluding carboxylic acids is 1. The number of likely N-dealkylation sites (N-methyl/N-ethyl adjacent to an activating group) is 1. The van der Waals surface area contributed by atoms with Crippen molar-refractivity contribution in [3.63, 3.8) is 0 Å². The smallest absolute Gasteiger partial charge is 0.319 e. The lowest BCUT2D eigenvalue weighted by atomic mass is 10.0. The molecule has 0 saturated carbocycles. The fraction of sp³-hybridized carbons (Fsp3) is 0.240. The molecule has 4 nitrogen and oxygen atoms in total. The van der Waals surface area contributed by atoms with Crippen molar-refractivity contribution in [3.05, 3.63) is 90.2 Å². The quantitative estimate of drug-likeness (QED) is 0.462. The third kappa shape index (κ3) is 6.16. The molecular formula is C25H26FNO3.